The average Bonchev–Trinajstić information content (AvgIpc) is 2.61. The summed E-state index contributed by atoms with van der Waals surface area (Å²) in [6, 6.07) is 7.73. The maximum absolute atomic E-state index is 13.0. The molecule has 2 aromatic carbocycles. The van der Waals surface area contributed by atoms with Gasteiger partial charge in [0.15, 0.2) is 0 Å². The van der Waals surface area contributed by atoms with E-state index in [0.29, 0.717) is 6.07 Å². The monoisotopic (exact) mass is 415 g/mol. The summed E-state index contributed by atoms with van der Waals surface area (Å²) in [4.78, 5) is 22.2. The molecule has 0 aliphatic heterocycles. The molecule has 0 bridgehead atoms. The number of nitrogens with one attached hydrogen (secondary N) is 2. The van der Waals surface area contributed by atoms with Crippen molar-refractivity contribution in [2.45, 2.75) is 24.0 Å². The maximum atomic E-state index is 13.0. The largest absolute Gasteiger partial charge is 0.417 e. The molecule has 11 heteroatoms. The maximum Gasteiger partial charge on any atom is 0.417 e. The number of carbonyl (C=O) groups excluding carboxylic acids is 2. The Labute approximate surface area is 158 Å². The van der Waals surface area contributed by atoms with E-state index in [9.17, 15) is 31.2 Å². The van der Waals surface area contributed by atoms with Crippen LogP contribution < -0.4 is 15.8 Å². The van der Waals surface area contributed by atoms with Crippen molar-refractivity contribution in [2.24, 2.45) is 5.73 Å². The Bertz CT molecular complexity index is 989. The second-order valence-electron chi connectivity index (χ2n) is 5.77. The molecule has 0 heterocycles. The predicted octanol–water partition coefficient (Wildman–Crippen LogP) is 2.11. The summed E-state index contributed by atoms with van der Waals surface area (Å²) in [5, 5.41) is 2.39. The van der Waals surface area contributed by atoms with Gasteiger partial charge in [-0.1, -0.05) is 12.1 Å². The second-order valence-corrected chi connectivity index (χ2v) is 7.45. The zero-order valence-corrected chi connectivity index (χ0v) is 15.3. The molecule has 0 aliphatic carbocycles. The molecular weight excluding hydrogens is 399 g/mol. The summed E-state index contributed by atoms with van der Waals surface area (Å²) in [7, 11) is -4.62. The third-order valence-electron chi connectivity index (χ3n) is 3.64. The molecule has 0 saturated carbocycles. The van der Waals surface area contributed by atoms with Gasteiger partial charge in [0, 0.05) is 11.3 Å². The highest BCUT2D eigenvalue weighted by Gasteiger charge is 2.37. The molecule has 0 spiro atoms. The number of benzene rings is 2. The van der Waals surface area contributed by atoms with Crippen LogP contribution >= 0.6 is 0 Å². The van der Waals surface area contributed by atoms with Crippen LogP contribution in [0.4, 0.5) is 18.9 Å². The summed E-state index contributed by atoms with van der Waals surface area (Å²) in [6.07, 6.45) is -4.88. The van der Waals surface area contributed by atoms with Crippen molar-refractivity contribution in [3.63, 3.8) is 0 Å². The fraction of sp³-hybridized carbons (Fsp3) is 0.176. The number of alkyl halides is 3. The van der Waals surface area contributed by atoms with Crippen LogP contribution in [0.25, 0.3) is 0 Å². The summed E-state index contributed by atoms with van der Waals surface area (Å²) < 4.78 is 65.8. The number of nitrogens with two attached hydrogens (primary N) is 1. The van der Waals surface area contributed by atoms with E-state index in [0.717, 1.165) is 18.2 Å². The minimum Gasteiger partial charge on any atom is -0.366 e. The van der Waals surface area contributed by atoms with Crippen molar-refractivity contribution in [3.8, 4) is 0 Å². The smallest absolute Gasteiger partial charge is 0.366 e. The molecule has 0 radical (unpaired) electrons. The van der Waals surface area contributed by atoms with Crippen LogP contribution in [-0.2, 0) is 21.0 Å². The fourth-order valence-electron chi connectivity index (χ4n) is 2.25. The highest BCUT2D eigenvalue weighted by atomic mass is 32.2. The Morgan fingerprint density at radius 3 is 2.14 bits per heavy atom. The van der Waals surface area contributed by atoms with Crippen molar-refractivity contribution < 1.29 is 31.2 Å². The molecule has 1 atom stereocenters. The van der Waals surface area contributed by atoms with E-state index in [1.54, 1.807) is 0 Å². The molecular formula is C17H16F3N3O4S. The summed E-state index contributed by atoms with van der Waals surface area (Å²) in [6.45, 7) is 1.18. The molecule has 150 valence electrons. The highest BCUT2D eigenvalue weighted by Crippen LogP contribution is 2.33. The normalized spacial score (nSPS) is 13.0. The van der Waals surface area contributed by atoms with E-state index in [1.807, 2.05) is 4.72 Å². The van der Waals surface area contributed by atoms with Gasteiger partial charge in [-0.3, -0.25) is 9.59 Å². The Kier molecular flexibility index (Phi) is 6.10. The van der Waals surface area contributed by atoms with Crippen molar-refractivity contribution in [2.75, 3.05) is 5.32 Å². The van der Waals surface area contributed by atoms with Gasteiger partial charge in [-0.05, 0) is 43.3 Å². The molecule has 0 unspecified atom stereocenters. The molecule has 7 nitrogen and oxygen atoms in total. The Hall–Kier alpha value is -2.92. The number of sulfonamides is 1. The van der Waals surface area contributed by atoms with Crippen LogP contribution in [0, 0.1) is 0 Å². The van der Waals surface area contributed by atoms with Crippen molar-refractivity contribution >= 4 is 27.5 Å². The van der Waals surface area contributed by atoms with E-state index < -0.39 is 44.5 Å². The lowest BCUT2D eigenvalue weighted by atomic mass is 10.2. The lowest BCUT2D eigenvalue weighted by Gasteiger charge is -2.17. The molecule has 0 saturated heterocycles. The first-order chi connectivity index (χ1) is 12.9. The van der Waals surface area contributed by atoms with Gasteiger partial charge in [0.1, 0.15) is 0 Å². The number of anilines is 1. The minimum absolute atomic E-state index is 0.204. The lowest BCUT2D eigenvalue weighted by molar-refractivity contribution is -0.139. The van der Waals surface area contributed by atoms with Gasteiger partial charge in [0.25, 0.3) is 0 Å². The third-order valence-corrected chi connectivity index (χ3v) is 5.24. The molecule has 2 rings (SSSR count). The molecule has 4 N–H and O–H groups in total. The van der Waals surface area contributed by atoms with Crippen LogP contribution in [0.1, 0.15) is 22.8 Å². The van der Waals surface area contributed by atoms with Gasteiger partial charge in [-0.2, -0.15) is 17.9 Å². The van der Waals surface area contributed by atoms with Crippen molar-refractivity contribution in [1.82, 2.24) is 4.72 Å². The van der Waals surface area contributed by atoms with Crippen LogP contribution in [0.3, 0.4) is 0 Å². The van der Waals surface area contributed by atoms with Gasteiger partial charge in [-0.15, -0.1) is 0 Å². The van der Waals surface area contributed by atoms with Crippen LogP contribution in [0.15, 0.2) is 53.4 Å². The van der Waals surface area contributed by atoms with Crippen molar-refractivity contribution in [3.05, 3.63) is 59.7 Å². The van der Waals surface area contributed by atoms with Crippen LogP contribution in [-0.4, -0.2) is 26.3 Å². The zero-order valence-electron chi connectivity index (χ0n) is 14.4. The van der Waals surface area contributed by atoms with E-state index in [4.69, 9.17) is 5.73 Å². The number of primary amides is 1. The SMILES string of the molecule is C[C@@H](NS(=O)(=O)c1ccccc1C(F)(F)F)C(=O)Nc1ccc(C(N)=O)cc1. The zero-order chi connectivity index (χ0) is 21.1. The molecule has 0 aromatic heterocycles. The summed E-state index contributed by atoms with van der Waals surface area (Å²) in [5.74, 6) is -1.47. The first-order valence-electron chi connectivity index (χ1n) is 7.81. The summed E-state index contributed by atoms with van der Waals surface area (Å²) in [5.41, 5.74) is 4.21. The number of rotatable bonds is 6. The Morgan fingerprint density at radius 1 is 1.04 bits per heavy atom. The molecule has 2 aromatic rings. The topological polar surface area (TPSA) is 118 Å². The Balaban J connectivity index is 2.16. The van der Waals surface area contributed by atoms with Gasteiger partial charge in [0.05, 0.1) is 16.5 Å². The molecule has 28 heavy (non-hydrogen) atoms. The Morgan fingerprint density at radius 2 is 1.61 bits per heavy atom. The number of hydrogen-bond donors (Lipinski definition) is 3. The van der Waals surface area contributed by atoms with Crippen LogP contribution in [0.5, 0.6) is 0 Å². The number of carbonyl (C=O) groups is 2. The first-order valence-corrected chi connectivity index (χ1v) is 9.29. The second kappa shape index (κ2) is 7.98. The van der Waals surface area contributed by atoms with E-state index in [-0.39, 0.29) is 11.3 Å². The van der Waals surface area contributed by atoms with Crippen LogP contribution in [0.2, 0.25) is 0 Å². The van der Waals surface area contributed by atoms with E-state index in [1.165, 1.54) is 31.2 Å². The van der Waals surface area contributed by atoms with Gasteiger partial charge in [0.2, 0.25) is 21.8 Å². The van der Waals surface area contributed by atoms with Gasteiger partial charge < -0.3 is 11.1 Å². The number of amides is 2. The fourth-order valence-corrected chi connectivity index (χ4v) is 3.68. The predicted molar refractivity (Wildman–Crippen MR) is 94.8 cm³/mol. The van der Waals surface area contributed by atoms with Crippen molar-refractivity contribution in [1.29, 1.82) is 0 Å². The quantitative estimate of drug-likeness (QED) is 0.670. The van der Waals surface area contributed by atoms with E-state index in [2.05, 4.69) is 5.32 Å². The number of halogens is 3. The molecule has 2 amide bonds. The standard InChI is InChI=1S/C17H16F3N3O4S/c1-10(16(25)22-12-8-6-11(7-9-12)15(21)24)23-28(26,27)14-5-3-2-4-13(14)17(18,19)20/h2-10,23H,1H3,(H2,21,24)(H,22,25)/t10-/m1/s1. The number of hydrogen-bond acceptors (Lipinski definition) is 4. The van der Waals surface area contributed by atoms with E-state index >= 15 is 0 Å². The molecule has 0 aliphatic rings. The van der Waals surface area contributed by atoms with Gasteiger partial charge in [-0.25, -0.2) is 8.42 Å². The highest BCUT2D eigenvalue weighted by molar-refractivity contribution is 7.89. The minimum atomic E-state index is -4.88. The first kappa shape index (κ1) is 21.4. The lowest BCUT2D eigenvalue weighted by Crippen LogP contribution is -2.42. The third kappa shape index (κ3) is 5.08. The molecule has 0 fully saturated rings. The van der Waals surface area contributed by atoms with Gasteiger partial charge >= 0.3 is 6.18 Å². The average molecular weight is 415 g/mol. The summed E-state index contributed by atoms with van der Waals surface area (Å²) >= 11 is 0.